The van der Waals surface area contributed by atoms with Crippen molar-refractivity contribution in [3.8, 4) is 0 Å². The van der Waals surface area contributed by atoms with E-state index in [9.17, 15) is 4.79 Å². The Labute approximate surface area is 103 Å². The molecule has 0 N–H and O–H groups in total. The van der Waals surface area contributed by atoms with Crippen molar-refractivity contribution in [1.82, 2.24) is 19.6 Å². The molecule has 0 bridgehead atoms. The van der Waals surface area contributed by atoms with E-state index in [2.05, 4.69) is 14.7 Å². The Morgan fingerprint density at radius 1 is 1.65 bits per heavy atom. The molecule has 0 fully saturated rings. The van der Waals surface area contributed by atoms with Crippen molar-refractivity contribution in [2.45, 2.75) is 6.54 Å². The second-order valence-electron chi connectivity index (χ2n) is 3.66. The van der Waals surface area contributed by atoms with Crippen LogP contribution in [0.4, 0.5) is 0 Å². The molecular weight excluding hydrogens is 244 g/mol. The zero-order valence-electron chi connectivity index (χ0n) is 9.42. The summed E-state index contributed by atoms with van der Waals surface area (Å²) in [5.41, 5.74) is 0.515. The Kier molecular flexibility index (Phi) is 3.14. The maximum absolute atomic E-state index is 12.1. The van der Waals surface area contributed by atoms with Crippen LogP contribution in [0.25, 0.3) is 0 Å². The van der Waals surface area contributed by atoms with Crippen molar-refractivity contribution in [1.29, 1.82) is 0 Å². The van der Waals surface area contributed by atoms with Crippen molar-refractivity contribution >= 4 is 17.5 Å². The van der Waals surface area contributed by atoms with Crippen molar-refractivity contribution in [2.75, 3.05) is 7.05 Å². The second-order valence-corrected chi connectivity index (χ2v) is 4.10. The quantitative estimate of drug-likeness (QED) is 0.829. The van der Waals surface area contributed by atoms with E-state index in [4.69, 9.17) is 11.6 Å². The van der Waals surface area contributed by atoms with Crippen LogP contribution >= 0.6 is 11.6 Å². The number of aromatic nitrogens is 3. The highest BCUT2D eigenvalue weighted by Gasteiger charge is 2.17. The van der Waals surface area contributed by atoms with Gasteiger partial charge in [-0.2, -0.15) is 4.98 Å². The fourth-order valence-corrected chi connectivity index (χ4v) is 1.73. The molecule has 2 rings (SSSR count). The SMILES string of the molecule is CN(Cc1ncon1)C(=O)c1cc(Cl)cn1C. The van der Waals surface area contributed by atoms with E-state index >= 15 is 0 Å². The van der Waals surface area contributed by atoms with Crippen LogP contribution in [0.2, 0.25) is 5.02 Å². The number of carbonyl (C=O) groups is 1. The van der Waals surface area contributed by atoms with Gasteiger partial charge in [-0.3, -0.25) is 4.79 Å². The molecule has 0 unspecified atom stereocenters. The summed E-state index contributed by atoms with van der Waals surface area (Å²) in [5, 5.41) is 4.18. The Hall–Kier alpha value is -1.82. The molecule has 7 heteroatoms. The molecule has 0 aliphatic rings. The zero-order chi connectivity index (χ0) is 12.4. The minimum atomic E-state index is -0.149. The van der Waals surface area contributed by atoms with Gasteiger partial charge < -0.3 is 14.0 Å². The van der Waals surface area contributed by atoms with E-state index in [1.165, 1.54) is 11.3 Å². The number of nitrogens with zero attached hydrogens (tertiary/aromatic N) is 4. The molecule has 0 saturated heterocycles. The number of hydrogen-bond acceptors (Lipinski definition) is 4. The van der Waals surface area contributed by atoms with E-state index < -0.39 is 0 Å². The van der Waals surface area contributed by atoms with Crippen LogP contribution in [0.5, 0.6) is 0 Å². The van der Waals surface area contributed by atoms with Crippen molar-refractivity contribution in [3.63, 3.8) is 0 Å². The first-order valence-corrected chi connectivity index (χ1v) is 5.28. The predicted octanol–water partition coefficient (Wildman–Crippen LogP) is 1.33. The summed E-state index contributed by atoms with van der Waals surface area (Å²) in [7, 11) is 3.43. The maximum atomic E-state index is 12.1. The normalized spacial score (nSPS) is 10.5. The third-order valence-electron chi connectivity index (χ3n) is 2.32. The van der Waals surface area contributed by atoms with E-state index in [0.29, 0.717) is 16.5 Å². The van der Waals surface area contributed by atoms with Gasteiger partial charge >= 0.3 is 0 Å². The topological polar surface area (TPSA) is 64.2 Å². The first-order valence-electron chi connectivity index (χ1n) is 4.90. The van der Waals surface area contributed by atoms with Crippen molar-refractivity contribution in [3.05, 3.63) is 35.2 Å². The Bertz CT molecular complexity index is 520. The number of aryl methyl sites for hydroxylation is 1. The average molecular weight is 255 g/mol. The molecule has 0 aliphatic carbocycles. The maximum Gasteiger partial charge on any atom is 0.270 e. The molecule has 0 atom stereocenters. The molecule has 1 amide bonds. The van der Waals surface area contributed by atoms with E-state index in [-0.39, 0.29) is 12.5 Å². The van der Waals surface area contributed by atoms with Crippen molar-refractivity contribution < 1.29 is 9.32 Å². The number of rotatable bonds is 3. The fraction of sp³-hybridized carbons (Fsp3) is 0.300. The number of amides is 1. The summed E-state index contributed by atoms with van der Waals surface area (Å²) in [6.45, 7) is 0.290. The summed E-state index contributed by atoms with van der Waals surface area (Å²) in [6.07, 6.45) is 2.91. The molecule has 90 valence electrons. The molecule has 2 aromatic heterocycles. The molecule has 17 heavy (non-hydrogen) atoms. The van der Waals surface area contributed by atoms with Crippen LogP contribution in [0, 0.1) is 0 Å². The van der Waals surface area contributed by atoms with Crippen LogP contribution < -0.4 is 0 Å². The molecule has 0 saturated carbocycles. The van der Waals surface area contributed by atoms with Crippen LogP contribution in [-0.4, -0.2) is 32.6 Å². The van der Waals surface area contributed by atoms with Crippen LogP contribution in [0.3, 0.4) is 0 Å². The fourth-order valence-electron chi connectivity index (χ4n) is 1.48. The lowest BCUT2D eigenvalue weighted by Gasteiger charge is -2.15. The molecule has 0 radical (unpaired) electrons. The number of hydrogen-bond donors (Lipinski definition) is 0. The molecular formula is C10H11ClN4O2. The summed E-state index contributed by atoms with van der Waals surface area (Å²) in [4.78, 5) is 17.4. The standard InChI is InChI=1S/C10H11ClN4O2/c1-14-4-7(11)3-8(14)10(16)15(2)5-9-12-6-17-13-9/h3-4,6H,5H2,1-2H3. The summed E-state index contributed by atoms with van der Waals surface area (Å²) in [6, 6.07) is 1.62. The largest absolute Gasteiger partial charge is 0.345 e. The number of halogens is 1. The van der Waals surface area contributed by atoms with Gasteiger partial charge in [-0.25, -0.2) is 0 Å². The minimum Gasteiger partial charge on any atom is -0.345 e. The highest BCUT2D eigenvalue weighted by molar-refractivity contribution is 6.31. The lowest BCUT2D eigenvalue weighted by Crippen LogP contribution is -2.28. The Balaban J connectivity index is 2.12. The van der Waals surface area contributed by atoms with Gasteiger partial charge in [0, 0.05) is 20.3 Å². The van der Waals surface area contributed by atoms with Crippen LogP contribution in [0.1, 0.15) is 16.3 Å². The monoisotopic (exact) mass is 254 g/mol. The molecule has 0 spiro atoms. The van der Waals surface area contributed by atoms with Gasteiger partial charge in [0.2, 0.25) is 6.39 Å². The van der Waals surface area contributed by atoms with E-state index in [1.807, 2.05) is 0 Å². The lowest BCUT2D eigenvalue weighted by atomic mass is 10.3. The first-order chi connectivity index (χ1) is 8.08. The molecule has 0 aliphatic heterocycles. The first kappa shape index (κ1) is 11.7. The summed E-state index contributed by atoms with van der Waals surface area (Å²) >= 11 is 5.83. The number of carbonyl (C=O) groups excluding carboxylic acids is 1. The van der Waals surface area contributed by atoms with Gasteiger partial charge in [0.25, 0.3) is 5.91 Å². The summed E-state index contributed by atoms with van der Waals surface area (Å²) in [5.74, 6) is 0.311. The van der Waals surface area contributed by atoms with Gasteiger partial charge in [0.05, 0.1) is 11.6 Å². The highest BCUT2D eigenvalue weighted by atomic mass is 35.5. The molecule has 2 heterocycles. The minimum absolute atomic E-state index is 0.149. The summed E-state index contributed by atoms with van der Waals surface area (Å²) < 4.78 is 6.28. The lowest BCUT2D eigenvalue weighted by molar-refractivity contribution is 0.0771. The Morgan fingerprint density at radius 3 is 2.94 bits per heavy atom. The van der Waals surface area contributed by atoms with Crippen molar-refractivity contribution in [2.24, 2.45) is 7.05 Å². The van der Waals surface area contributed by atoms with Gasteiger partial charge in [-0.15, -0.1) is 0 Å². The van der Waals surface area contributed by atoms with Crippen LogP contribution in [0.15, 0.2) is 23.2 Å². The third kappa shape index (κ3) is 2.47. The smallest absolute Gasteiger partial charge is 0.270 e. The van der Waals surface area contributed by atoms with Crippen LogP contribution in [-0.2, 0) is 13.6 Å². The molecule has 6 nitrogen and oxygen atoms in total. The molecule has 2 aromatic rings. The average Bonchev–Trinajstić information content (AvgIpc) is 2.87. The van der Waals surface area contributed by atoms with Gasteiger partial charge in [-0.1, -0.05) is 16.8 Å². The second kappa shape index (κ2) is 4.58. The van der Waals surface area contributed by atoms with Gasteiger partial charge in [-0.05, 0) is 6.07 Å². The van der Waals surface area contributed by atoms with E-state index in [1.54, 1.807) is 30.9 Å². The predicted molar refractivity (Wildman–Crippen MR) is 60.5 cm³/mol. The van der Waals surface area contributed by atoms with E-state index in [0.717, 1.165) is 0 Å². The molecule has 0 aromatic carbocycles. The van der Waals surface area contributed by atoms with Gasteiger partial charge in [0.15, 0.2) is 5.82 Å². The third-order valence-corrected chi connectivity index (χ3v) is 2.53. The Morgan fingerprint density at radius 2 is 2.41 bits per heavy atom. The zero-order valence-corrected chi connectivity index (χ0v) is 10.2. The van der Waals surface area contributed by atoms with Gasteiger partial charge in [0.1, 0.15) is 5.69 Å². The highest BCUT2D eigenvalue weighted by Crippen LogP contribution is 2.14.